The highest BCUT2D eigenvalue weighted by atomic mass is 16.2. The zero-order chi connectivity index (χ0) is 15.5. The van der Waals surface area contributed by atoms with E-state index in [1.165, 1.54) is 0 Å². The minimum Gasteiger partial charge on any atom is -0.352 e. The van der Waals surface area contributed by atoms with Crippen LogP contribution in [0, 0.1) is 5.92 Å². The second-order valence-corrected chi connectivity index (χ2v) is 5.80. The molecule has 1 unspecified atom stereocenters. The molecule has 116 valence electrons. The third-order valence-electron chi connectivity index (χ3n) is 3.93. The van der Waals surface area contributed by atoms with Crippen LogP contribution in [0.5, 0.6) is 0 Å². The summed E-state index contributed by atoms with van der Waals surface area (Å²) in [5.74, 6) is -0.868. The molecule has 0 radical (unpaired) electrons. The van der Waals surface area contributed by atoms with Crippen LogP contribution < -0.4 is 15.5 Å². The molecule has 1 saturated carbocycles. The number of anilines is 1. The molecule has 1 aromatic carbocycles. The highest BCUT2D eigenvalue weighted by Gasteiger charge is 2.35. The van der Waals surface area contributed by atoms with Crippen LogP contribution in [0.3, 0.4) is 0 Å². The second-order valence-electron chi connectivity index (χ2n) is 5.80. The van der Waals surface area contributed by atoms with Gasteiger partial charge in [-0.1, -0.05) is 18.2 Å². The molecule has 1 aliphatic heterocycles. The quantitative estimate of drug-likeness (QED) is 0.828. The lowest BCUT2D eigenvalue weighted by molar-refractivity contribution is -0.129. The molecule has 1 saturated heterocycles. The van der Waals surface area contributed by atoms with E-state index in [0.717, 1.165) is 18.5 Å². The number of nitrogens with one attached hydrogen (secondary N) is 2. The van der Waals surface area contributed by atoms with Gasteiger partial charge in [-0.3, -0.25) is 14.4 Å². The predicted molar refractivity (Wildman–Crippen MR) is 81.1 cm³/mol. The number of para-hydroxylation sites is 1. The average molecular weight is 301 g/mol. The van der Waals surface area contributed by atoms with Crippen LogP contribution in [0.25, 0.3) is 0 Å². The minimum atomic E-state index is -0.401. The van der Waals surface area contributed by atoms with Crippen molar-refractivity contribution in [2.24, 2.45) is 5.92 Å². The average Bonchev–Trinajstić information content (AvgIpc) is 3.25. The Morgan fingerprint density at radius 2 is 1.91 bits per heavy atom. The minimum absolute atomic E-state index is 0.0225. The lowest BCUT2D eigenvalue weighted by Crippen LogP contribution is -2.40. The van der Waals surface area contributed by atoms with Crippen molar-refractivity contribution in [2.75, 3.05) is 18.0 Å². The maximum Gasteiger partial charge on any atom is 0.239 e. The van der Waals surface area contributed by atoms with Crippen LogP contribution in [0.1, 0.15) is 19.3 Å². The summed E-state index contributed by atoms with van der Waals surface area (Å²) >= 11 is 0. The van der Waals surface area contributed by atoms with Crippen molar-refractivity contribution in [2.45, 2.75) is 25.3 Å². The normalized spacial score (nSPS) is 20.8. The van der Waals surface area contributed by atoms with Crippen molar-refractivity contribution in [1.29, 1.82) is 0 Å². The van der Waals surface area contributed by atoms with E-state index in [4.69, 9.17) is 0 Å². The zero-order valence-corrected chi connectivity index (χ0v) is 12.2. The fourth-order valence-corrected chi connectivity index (χ4v) is 2.56. The summed E-state index contributed by atoms with van der Waals surface area (Å²) in [5.41, 5.74) is 0.800. The molecule has 2 N–H and O–H groups in total. The fraction of sp³-hybridized carbons (Fsp3) is 0.438. The van der Waals surface area contributed by atoms with Gasteiger partial charge in [-0.2, -0.15) is 0 Å². The molecule has 1 heterocycles. The van der Waals surface area contributed by atoms with E-state index in [9.17, 15) is 14.4 Å². The summed E-state index contributed by atoms with van der Waals surface area (Å²) in [6.45, 7) is 0.338. The maximum atomic E-state index is 12.1. The summed E-state index contributed by atoms with van der Waals surface area (Å²) in [4.78, 5) is 37.3. The first-order valence-electron chi connectivity index (χ1n) is 7.56. The molecule has 0 aromatic heterocycles. The second kappa shape index (κ2) is 6.17. The molecule has 3 rings (SSSR count). The molecule has 22 heavy (non-hydrogen) atoms. The van der Waals surface area contributed by atoms with Crippen LogP contribution >= 0.6 is 0 Å². The van der Waals surface area contributed by atoms with Crippen LogP contribution in [-0.2, 0) is 14.4 Å². The van der Waals surface area contributed by atoms with Gasteiger partial charge in [-0.25, -0.2) is 0 Å². The Bertz CT molecular complexity index is 584. The van der Waals surface area contributed by atoms with Gasteiger partial charge >= 0.3 is 0 Å². The predicted octanol–water partition coefficient (Wildman–Crippen LogP) is 0.434. The van der Waals surface area contributed by atoms with Crippen molar-refractivity contribution >= 4 is 23.4 Å². The molecule has 6 heteroatoms. The van der Waals surface area contributed by atoms with Gasteiger partial charge in [0.2, 0.25) is 17.7 Å². The Labute approximate surface area is 128 Å². The monoisotopic (exact) mass is 301 g/mol. The van der Waals surface area contributed by atoms with E-state index in [1.807, 2.05) is 30.3 Å². The fourth-order valence-electron chi connectivity index (χ4n) is 2.56. The van der Waals surface area contributed by atoms with Gasteiger partial charge in [-0.15, -0.1) is 0 Å². The largest absolute Gasteiger partial charge is 0.352 e. The SMILES string of the molecule is O=C(CNC(=O)C1CC(=O)N(c2ccccc2)C1)NC1CC1. The van der Waals surface area contributed by atoms with Crippen molar-refractivity contribution in [3.8, 4) is 0 Å². The van der Waals surface area contributed by atoms with Gasteiger partial charge < -0.3 is 15.5 Å². The lowest BCUT2D eigenvalue weighted by atomic mass is 10.1. The summed E-state index contributed by atoms with van der Waals surface area (Å²) in [6.07, 6.45) is 2.22. The maximum absolute atomic E-state index is 12.1. The topological polar surface area (TPSA) is 78.5 Å². The van der Waals surface area contributed by atoms with Crippen molar-refractivity contribution in [3.05, 3.63) is 30.3 Å². The number of hydrogen-bond acceptors (Lipinski definition) is 3. The molecule has 6 nitrogen and oxygen atoms in total. The molecule has 0 bridgehead atoms. The van der Waals surface area contributed by atoms with Crippen LogP contribution in [0.15, 0.2) is 30.3 Å². The lowest BCUT2D eigenvalue weighted by Gasteiger charge is -2.16. The number of benzene rings is 1. The van der Waals surface area contributed by atoms with Crippen LogP contribution in [0.4, 0.5) is 5.69 Å². The van der Waals surface area contributed by atoms with Crippen molar-refractivity contribution < 1.29 is 14.4 Å². The van der Waals surface area contributed by atoms with E-state index in [0.29, 0.717) is 6.54 Å². The van der Waals surface area contributed by atoms with E-state index in [1.54, 1.807) is 4.90 Å². The number of amides is 3. The van der Waals surface area contributed by atoms with E-state index >= 15 is 0 Å². The zero-order valence-electron chi connectivity index (χ0n) is 12.2. The van der Waals surface area contributed by atoms with Crippen molar-refractivity contribution in [3.63, 3.8) is 0 Å². The Kier molecular flexibility index (Phi) is 4.09. The molecular weight excluding hydrogens is 282 g/mol. The third kappa shape index (κ3) is 3.44. The third-order valence-corrected chi connectivity index (χ3v) is 3.93. The number of carbonyl (C=O) groups excluding carboxylic acids is 3. The highest BCUT2D eigenvalue weighted by molar-refractivity contribution is 6.00. The van der Waals surface area contributed by atoms with E-state index < -0.39 is 5.92 Å². The standard InChI is InChI=1S/C16H19N3O3/c20-14(18-12-6-7-12)9-17-16(22)11-8-15(21)19(10-11)13-4-2-1-3-5-13/h1-5,11-12H,6-10H2,(H,17,22)(H,18,20). The molecule has 1 aromatic rings. The Morgan fingerprint density at radius 3 is 2.59 bits per heavy atom. The summed E-state index contributed by atoms with van der Waals surface area (Å²) in [7, 11) is 0. The van der Waals surface area contributed by atoms with Gasteiger partial charge in [0, 0.05) is 24.7 Å². The molecule has 1 atom stereocenters. The number of rotatable bonds is 5. The van der Waals surface area contributed by atoms with Gasteiger partial charge in [0.25, 0.3) is 0 Å². The first-order chi connectivity index (χ1) is 10.6. The van der Waals surface area contributed by atoms with Crippen LogP contribution in [0.2, 0.25) is 0 Å². The van der Waals surface area contributed by atoms with Gasteiger partial charge in [0.1, 0.15) is 0 Å². The molecule has 0 spiro atoms. The smallest absolute Gasteiger partial charge is 0.239 e. The summed E-state index contributed by atoms with van der Waals surface area (Å²) < 4.78 is 0. The number of nitrogens with zero attached hydrogens (tertiary/aromatic N) is 1. The Hall–Kier alpha value is -2.37. The molecule has 1 aliphatic carbocycles. The van der Waals surface area contributed by atoms with E-state index in [2.05, 4.69) is 10.6 Å². The first-order valence-corrected chi connectivity index (χ1v) is 7.56. The number of carbonyl (C=O) groups is 3. The van der Waals surface area contributed by atoms with E-state index in [-0.39, 0.29) is 36.7 Å². The van der Waals surface area contributed by atoms with Gasteiger partial charge in [-0.05, 0) is 25.0 Å². The van der Waals surface area contributed by atoms with Crippen molar-refractivity contribution in [1.82, 2.24) is 10.6 Å². The molecular formula is C16H19N3O3. The molecule has 2 aliphatic rings. The Balaban J connectivity index is 1.51. The number of hydrogen-bond donors (Lipinski definition) is 2. The molecule has 2 fully saturated rings. The molecule has 3 amide bonds. The highest BCUT2D eigenvalue weighted by Crippen LogP contribution is 2.24. The van der Waals surface area contributed by atoms with Crippen LogP contribution in [-0.4, -0.2) is 36.9 Å². The Morgan fingerprint density at radius 1 is 1.18 bits per heavy atom. The first kappa shape index (κ1) is 14.6. The van der Waals surface area contributed by atoms with Gasteiger partial charge in [0.05, 0.1) is 12.5 Å². The van der Waals surface area contributed by atoms with Gasteiger partial charge in [0.15, 0.2) is 0 Å². The summed E-state index contributed by atoms with van der Waals surface area (Å²) in [5, 5.41) is 5.43. The summed E-state index contributed by atoms with van der Waals surface area (Å²) in [6, 6.07) is 9.58.